The number of aromatic amines is 1. The fourth-order valence-electron chi connectivity index (χ4n) is 2.20. The zero-order valence-corrected chi connectivity index (χ0v) is 11.4. The van der Waals surface area contributed by atoms with Gasteiger partial charge in [0.2, 0.25) is 0 Å². The number of hydrogen-bond acceptors (Lipinski definition) is 3. The van der Waals surface area contributed by atoms with E-state index in [4.69, 9.17) is 5.11 Å². The van der Waals surface area contributed by atoms with E-state index in [1.54, 1.807) is 25.3 Å². The summed E-state index contributed by atoms with van der Waals surface area (Å²) in [6, 6.07) is 12.8. The van der Waals surface area contributed by atoms with Crippen molar-refractivity contribution in [2.75, 3.05) is 0 Å². The first-order chi connectivity index (χ1) is 10.1. The molecule has 0 bridgehead atoms. The fourth-order valence-corrected chi connectivity index (χ4v) is 2.20. The van der Waals surface area contributed by atoms with Crippen LogP contribution in [0.4, 0.5) is 0 Å². The van der Waals surface area contributed by atoms with Gasteiger partial charge in [-0.1, -0.05) is 18.2 Å². The predicted octanol–water partition coefficient (Wildman–Crippen LogP) is 3.15. The van der Waals surface area contributed by atoms with Gasteiger partial charge in [0.1, 0.15) is 0 Å². The average molecular weight is 279 g/mol. The number of H-pyrrole nitrogens is 1. The predicted molar refractivity (Wildman–Crippen MR) is 79.0 cm³/mol. The highest BCUT2D eigenvalue weighted by Gasteiger charge is 2.09. The summed E-state index contributed by atoms with van der Waals surface area (Å²) in [5.41, 5.74) is 4.32. The number of aromatic nitrogens is 3. The highest BCUT2D eigenvalue weighted by molar-refractivity contribution is 5.89. The number of hydrogen-bond donors (Lipinski definition) is 2. The molecular formula is C16H13N3O2. The van der Waals surface area contributed by atoms with E-state index < -0.39 is 5.97 Å². The largest absolute Gasteiger partial charge is 0.478 e. The Bertz CT molecular complexity index is 795. The van der Waals surface area contributed by atoms with E-state index in [-0.39, 0.29) is 5.56 Å². The Morgan fingerprint density at radius 3 is 2.67 bits per heavy atom. The maximum absolute atomic E-state index is 11.1. The van der Waals surface area contributed by atoms with Gasteiger partial charge in [-0.15, -0.1) is 0 Å². The monoisotopic (exact) mass is 279 g/mol. The quantitative estimate of drug-likeness (QED) is 0.772. The van der Waals surface area contributed by atoms with Gasteiger partial charge in [0.15, 0.2) is 0 Å². The Hall–Kier alpha value is -2.95. The van der Waals surface area contributed by atoms with Crippen LogP contribution >= 0.6 is 0 Å². The lowest BCUT2D eigenvalue weighted by Crippen LogP contribution is -1.99. The summed E-state index contributed by atoms with van der Waals surface area (Å²) in [7, 11) is 0. The van der Waals surface area contributed by atoms with Crippen LogP contribution in [0.3, 0.4) is 0 Å². The zero-order valence-electron chi connectivity index (χ0n) is 11.4. The van der Waals surface area contributed by atoms with Crippen LogP contribution in [-0.4, -0.2) is 26.3 Å². The molecule has 3 rings (SSSR count). The summed E-state index contributed by atoms with van der Waals surface area (Å²) >= 11 is 0. The van der Waals surface area contributed by atoms with Gasteiger partial charge in [-0.05, 0) is 31.2 Å². The van der Waals surface area contributed by atoms with Crippen LogP contribution in [0.1, 0.15) is 16.1 Å². The van der Waals surface area contributed by atoms with Crippen molar-refractivity contribution >= 4 is 5.97 Å². The van der Waals surface area contributed by atoms with Crippen LogP contribution in [-0.2, 0) is 0 Å². The molecule has 0 atom stereocenters. The summed E-state index contributed by atoms with van der Waals surface area (Å²) in [6.07, 6.45) is 1.69. The Morgan fingerprint density at radius 1 is 1.14 bits per heavy atom. The van der Waals surface area contributed by atoms with Crippen LogP contribution in [0.5, 0.6) is 0 Å². The molecular weight excluding hydrogens is 266 g/mol. The minimum Gasteiger partial charge on any atom is -0.478 e. The molecule has 0 radical (unpaired) electrons. The van der Waals surface area contributed by atoms with E-state index in [2.05, 4.69) is 15.2 Å². The van der Waals surface area contributed by atoms with Gasteiger partial charge >= 0.3 is 5.97 Å². The van der Waals surface area contributed by atoms with Crippen molar-refractivity contribution in [2.24, 2.45) is 0 Å². The summed E-state index contributed by atoms with van der Waals surface area (Å²) < 4.78 is 0. The van der Waals surface area contributed by atoms with Crippen molar-refractivity contribution in [1.29, 1.82) is 0 Å². The van der Waals surface area contributed by atoms with E-state index in [0.29, 0.717) is 11.4 Å². The molecule has 0 saturated heterocycles. The van der Waals surface area contributed by atoms with Crippen molar-refractivity contribution in [3.05, 3.63) is 59.9 Å². The molecule has 104 valence electrons. The van der Waals surface area contributed by atoms with E-state index >= 15 is 0 Å². The molecule has 21 heavy (non-hydrogen) atoms. The number of carbonyl (C=O) groups is 1. The third-order valence-electron chi connectivity index (χ3n) is 3.17. The molecule has 0 spiro atoms. The topological polar surface area (TPSA) is 78.9 Å². The second-order valence-corrected chi connectivity index (χ2v) is 4.74. The second-order valence-electron chi connectivity index (χ2n) is 4.74. The van der Waals surface area contributed by atoms with Crippen molar-refractivity contribution in [1.82, 2.24) is 15.2 Å². The van der Waals surface area contributed by atoms with Crippen LogP contribution in [0.25, 0.3) is 22.5 Å². The zero-order chi connectivity index (χ0) is 14.8. The van der Waals surface area contributed by atoms with Crippen molar-refractivity contribution < 1.29 is 9.90 Å². The number of nitrogens with one attached hydrogen (secondary N) is 1. The minimum atomic E-state index is -0.952. The molecule has 0 aliphatic carbocycles. The molecule has 1 aromatic carbocycles. The maximum Gasteiger partial charge on any atom is 0.335 e. The number of pyridine rings is 1. The van der Waals surface area contributed by atoms with Gasteiger partial charge < -0.3 is 5.11 Å². The lowest BCUT2D eigenvalue weighted by atomic mass is 10.0. The number of aromatic carboxylic acids is 1. The van der Waals surface area contributed by atoms with E-state index in [1.165, 1.54) is 0 Å². The highest BCUT2D eigenvalue weighted by Crippen LogP contribution is 2.25. The first-order valence-electron chi connectivity index (χ1n) is 6.45. The Morgan fingerprint density at radius 2 is 1.95 bits per heavy atom. The summed E-state index contributed by atoms with van der Waals surface area (Å²) in [6.45, 7) is 1.79. The maximum atomic E-state index is 11.1. The van der Waals surface area contributed by atoms with E-state index in [0.717, 1.165) is 16.8 Å². The van der Waals surface area contributed by atoms with Gasteiger partial charge in [0.05, 0.1) is 17.0 Å². The molecule has 2 aromatic heterocycles. The van der Waals surface area contributed by atoms with E-state index in [9.17, 15) is 4.79 Å². The number of benzene rings is 1. The van der Waals surface area contributed by atoms with Gasteiger partial charge in [-0.3, -0.25) is 10.1 Å². The Labute approximate surface area is 121 Å². The Balaban J connectivity index is 2.09. The van der Waals surface area contributed by atoms with Crippen LogP contribution < -0.4 is 0 Å². The highest BCUT2D eigenvalue weighted by atomic mass is 16.4. The second kappa shape index (κ2) is 5.20. The van der Waals surface area contributed by atoms with E-state index in [1.807, 2.05) is 30.3 Å². The summed E-state index contributed by atoms with van der Waals surface area (Å²) in [5, 5.41) is 16.0. The molecule has 2 N–H and O–H groups in total. The molecule has 2 heterocycles. The lowest BCUT2D eigenvalue weighted by Gasteiger charge is -2.06. The first kappa shape index (κ1) is 13.1. The molecule has 5 nitrogen and oxygen atoms in total. The van der Waals surface area contributed by atoms with Gasteiger partial charge in [-0.25, -0.2) is 4.79 Å². The third-order valence-corrected chi connectivity index (χ3v) is 3.17. The van der Waals surface area contributed by atoms with Gasteiger partial charge in [0.25, 0.3) is 0 Å². The van der Waals surface area contributed by atoms with Gasteiger partial charge in [-0.2, -0.15) is 5.10 Å². The standard InChI is InChI=1S/C16H13N3O2/c1-10-7-13(16(20)21)9-15(18-10)12-4-2-3-11(8-12)14-5-6-17-19-14/h2-9H,1H3,(H,17,19)(H,20,21). The molecule has 3 aromatic rings. The number of aryl methyl sites for hydroxylation is 1. The molecule has 5 heteroatoms. The number of carboxylic acids is 1. The third kappa shape index (κ3) is 2.67. The minimum absolute atomic E-state index is 0.240. The molecule has 0 unspecified atom stereocenters. The fraction of sp³-hybridized carbons (Fsp3) is 0.0625. The molecule has 0 saturated carbocycles. The average Bonchev–Trinajstić information content (AvgIpc) is 3.01. The molecule has 0 fully saturated rings. The van der Waals surface area contributed by atoms with Crippen LogP contribution in [0.15, 0.2) is 48.7 Å². The SMILES string of the molecule is Cc1cc(C(=O)O)cc(-c2cccc(-c3ccn[nH]3)c2)n1. The smallest absolute Gasteiger partial charge is 0.335 e. The van der Waals surface area contributed by atoms with Crippen molar-refractivity contribution in [2.45, 2.75) is 6.92 Å². The molecule has 0 amide bonds. The summed E-state index contributed by atoms with van der Waals surface area (Å²) in [5.74, 6) is -0.952. The number of carboxylic acid groups (broad SMARTS) is 1. The Kier molecular flexibility index (Phi) is 3.23. The molecule has 0 aliphatic heterocycles. The molecule has 0 aliphatic rings. The lowest BCUT2D eigenvalue weighted by molar-refractivity contribution is 0.0696. The summed E-state index contributed by atoms with van der Waals surface area (Å²) in [4.78, 5) is 15.6. The normalized spacial score (nSPS) is 10.5. The van der Waals surface area contributed by atoms with Crippen LogP contribution in [0, 0.1) is 6.92 Å². The van der Waals surface area contributed by atoms with Crippen molar-refractivity contribution in [3.63, 3.8) is 0 Å². The van der Waals surface area contributed by atoms with Gasteiger partial charge in [0, 0.05) is 23.0 Å². The first-order valence-corrected chi connectivity index (χ1v) is 6.45. The van der Waals surface area contributed by atoms with Crippen molar-refractivity contribution in [3.8, 4) is 22.5 Å². The number of rotatable bonds is 3. The number of nitrogens with zero attached hydrogens (tertiary/aromatic N) is 2. The van der Waals surface area contributed by atoms with Crippen LogP contribution in [0.2, 0.25) is 0 Å².